The molecule has 0 fully saturated rings. The molecular weight excluding hydrogens is 337 g/mol. The van der Waals surface area contributed by atoms with Gasteiger partial charge in [-0.3, -0.25) is 0 Å². The number of benzene rings is 1. The Morgan fingerprint density at radius 1 is 1.26 bits per heavy atom. The van der Waals surface area contributed by atoms with Crippen LogP contribution in [0, 0.1) is 6.92 Å². The van der Waals surface area contributed by atoms with Crippen molar-refractivity contribution >= 4 is 50.7 Å². The number of halogens is 3. The molecular formula is C10H10Cl3NO4S. The summed E-state index contributed by atoms with van der Waals surface area (Å²) in [5.74, 6) is 0. The van der Waals surface area contributed by atoms with Gasteiger partial charge >= 0.3 is 6.09 Å². The van der Waals surface area contributed by atoms with E-state index in [-0.39, 0.29) is 4.90 Å². The van der Waals surface area contributed by atoms with E-state index in [0.29, 0.717) is 0 Å². The van der Waals surface area contributed by atoms with Gasteiger partial charge in [0.15, 0.2) is 5.37 Å². The summed E-state index contributed by atoms with van der Waals surface area (Å²) in [6.07, 6.45) is -1.60. The van der Waals surface area contributed by atoms with Gasteiger partial charge in [-0.1, -0.05) is 52.5 Å². The maximum Gasteiger partial charge on any atom is 0.405 e. The number of alkyl halides is 3. The van der Waals surface area contributed by atoms with Crippen molar-refractivity contribution in [2.24, 2.45) is 0 Å². The lowest BCUT2D eigenvalue weighted by molar-refractivity contribution is 0.193. The van der Waals surface area contributed by atoms with Crippen LogP contribution < -0.4 is 5.32 Å². The SMILES string of the molecule is Cc1ccc(S(=O)(=O)[C@H](NC(=O)O)C(Cl)(Cl)Cl)cc1. The van der Waals surface area contributed by atoms with E-state index in [9.17, 15) is 13.2 Å². The first kappa shape index (κ1) is 16.4. The minimum atomic E-state index is -4.16. The Kier molecular flexibility index (Phi) is 4.95. The van der Waals surface area contributed by atoms with Crippen LogP contribution in [0.25, 0.3) is 0 Å². The highest BCUT2D eigenvalue weighted by Crippen LogP contribution is 2.35. The Morgan fingerprint density at radius 3 is 2.11 bits per heavy atom. The normalized spacial score (nSPS) is 13.9. The number of hydrogen-bond donors (Lipinski definition) is 2. The van der Waals surface area contributed by atoms with Gasteiger partial charge in [0.1, 0.15) is 0 Å². The average molecular weight is 347 g/mol. The number of hydrogen-bond acceptors (Lipinski definition) is 3. The Balaban J connectivity index is 3.27. The number of amides is 1. The molecule has 0 aliphatic carbocycles. The second kappa shape index (κ2) is 5.75. The summed E-state index contributed by atoms with van der Waals surface area (Å²) in [5.41, 5.74) is 0.843. The van der Waals surface area contributed by atoms with Crippen molar-refractivity contribution in [2.45, 2.75) is 21.0 Å². The van der Waals surface area contributed by atoms with Gasteiger partial charge in [0.2, 0.25) is 13.6 Å². The van der Waals surface area contributed by atoms with Crippen LogP contribution in [0.1, 0.15) is 5.56 Å². The van der Waals surface area contributed by atoms with E-state index < -0.39 is 25.1 Å². The molecule has 0 heterocycles. The van der Waals surface area contributed by atoms with Gasteiger partial charge in [-0.25, -0.2) is 13.2 Å². The van der Waals surface area contributed by atoms with Crippen molar-refractivity contribution in [1.82, 2.24) is 5.32 Å². The quantitative estimate of drug-likeness (QED) is 0.824. The topological polar surface area (TPSA) is 83.5 Å². The predicted octanol–water partition coefficient (Wildman–Crippen LogP) is 2.73. The Bertz CT molecular complexity index is 565. The van der Waals surface area contributed by atoms with Gasteiger partial charge in [0.25, 0.3) is 0 Å². The zero-order valence-corrected chi connectivity index (χ0v) is 12.7. The number of aryl methyl sites for hydroxylation is 1. The molecule has 1 amide bonds. The molecule has 0 aliphatic heterocycles. The molecule has 1 aromatic carbocycles. The molecule has 106 valence electrons. The number of nitrogens with one attached hydrogen (secondary N) is 1. The third-order valence-corrected chi connectivity index (χ3v) is 5.28. The molecule has 1 rings (SSSR count). The molecule has 19 heavy (non-hydrogen) atoms. The zero-order chi connectivity index (χ0) is 14.8. The molecule has 1 atom stereocenters. The molecule has 0 unspecified atom stereocenters. The highest BCUT2D eigenvalue weighted by Gasteiger charge is 2.44. The van der Waals surface area contributed by atoms with Crippen molar-refractivity contribution < 1.29 is 18.3 Å². The minimum absolute atomic E-state index is 0.136. The smallest absolute Gasteiger partial charge is 0.405 e. The van der Waals surface area contributed by atoms with E-state index in [0.717, 1.165) is 5.56 Å². The summed E-state index contributed by atoms with van der Waals surface area (Å²) < 4.78 is 22.2. The summed E-state index contributed by atoms with van der Waals surface area (Å²) in [7, 11) is -4.16. The van der Waals surface area contributed by atoms with Crippen LogP contribution in [0.2, 0.25) is 0 Å². The molecule has 1 aromatic rings. The van der Waals surface area contributed by atoms with Gasteiger partial charge < -0.3 is 10.4 Å². The van der Waals surface area contributed by atoms with Crippen molar-refractivity contribution in [2.75, 3.05) is 0 Å². The molecule has 5 nitrogen and oxygen atoms in total. The van der Waals surface area contributed by atoms with Crippen LogP contribution in [0.3, 0.4) is 0 Å². The van der Waals surface area contributed by atoms with E-state index >= 15 is 0 Å². The molecule has 9 heteroatoms. The van der Waals surface area contributed by atoms with Crippen LogP contribution in [0.5, 0.6) is 0 Å². The lowest BCUT2D eigenvalue weighted by atomic mass is 10.2. The molecule has 0 spiro atoms. The maximum absolute atomic E-state index is 12.2. The monoisotopic (exact) mass is 345 g/mol. The first-order valence-electron chi connectivity index (χ1n) is 4.92. The van der Waals surface area contributed by atoms with Gasteiger partial charge in [-0.05, 0) is 19.1 Å². The fraction of sp³-hybridized carbons (Fsp3) is 0.300. The number of rotatable bonds is 3. The van der Waals surface area contributed by atoms with Crippen molar-refractivity contribution in [3.63, 3.8) is 0 Å². The van der Waals surface area contributed by atoms with Crippen LogP contribution in [-0.4, -0.2) is 28.8 Å². The summed E-state index contributed by atoms with van der Waals surface area (Å²) >= 11 is 16.6. The largest absolute Gasteiger partial charge is 0.465 e. The fourth-order valence-corrected chi connectivity index (χ4v) is 3.93. The molecule has 0 aliphatic rings. The summed E-state index contributed by atoms with van der Waals surface area (Å²) in [6, 6.07) is 5.75. The third-order valence-electron chi connectivity index (χ3n) is 2.21. The zero-order valence-electron chi connectivity index (χ0n) is 9.60. The second-order valence-electron chi connectivity index (χ2n) is 3.73. The maximum atomic E-state index is 12.2. The van der Waals surface area contributed by atoms with Crippen LogP contribution in [0.4, 0.5) is 4.79 Å². The Hall–Kier alpha value is -0.690. The average Bonchev–Trinajstić information content (AvgIpc) is 2.24. The van der Waals surface area contributed by atoms with Gasteiger partial charge in [0.05, 0.1) is 4.90 Å². The summed E-state index contributed by atoms with van der Waals surface area (Å²) in [4.78, 5) is 10.5. The van der Waals surface area contributed by atoms with E-state index in [2.05, 4.69) is 0 Å². The summed E-state index contributed by atoms with van der Waals surface area (Å²) in [6.45, 7) is 1.78. The second-order valence-corrected chi connectivity index (χ2v) is 8.13. The van der Waals surface area contributed by atoms with Crippen molar-refractivity contribution in [1.29, 1.82) is 0 Å². The van der Waals surface area contributed by atoms with Crippen molar-refractivity contribution in [3.8, 4) is 0 Å². The predicted molar refractivity (Wildman–Crippen MR) is 73.6 cm³/mol. The number of carbonyl (C=O) groups is 1. The third kappa shape index (κ3) is 4.14. The standard InChI is InChI=1S/C10H10Cl3NO4S/c1-6-2-4-7(5-3-6)19(17,18)8(10(11,12)13)14-9(15)16/h2-5,8,14H,1H3,(H,15,16)/t8-/m0/s1. The molecule has 0 bridgehead atoms. The highest BCUT2D eigenvalue weighted by molar-refractivity contribution is 7.92. The van der Waals surface area contributed by atoms with E-state index in [4.69, 9.17) is 39.9 Å². The number of carboxylic acid groups (broad SMARTS) is 1. The Morgan fingerprint density at radius 2 is 1.74 bits per heavy atom. The van der Waals surface area contributed by atoms with Gasteiger partial charge in [0, 0.05) is 0 Å². The highest BCUT2D eigenvalue weighted by atomic mass is 35.6. The van der Waals surface area contributed by atoms with Crippen molar-refractivity contribution in [3.05, 3.63) is 29.8 Å². The molecule has 0 aromatic heterocycles. The van der Waals surface area contributed by atoms with E-state index in [1.807, 2.05) is 0 Å². The lowest BCUT2D eigenvalue weighted by Crippen LogP contribution is -2.48. The van der Waals surface area contributed by atoms with Crippen LogP contribution in [-0.2, 0) is 9.84 Å². The molecule has 0 radical (unpaired) electrons. The van der Waals surface area contributed by atoms with Crippen LogP contribution >= 0.6 is 34.8 Å². The minimum Gasteiger partial charge on any atom is -0.465 e. The van der Waals surface area contributed by atoms with Gasteiger partial charge in [-0.2, -0.15) is 0 Å². The molecule has 2 N–H and O–H groups in total. The fourth-order valence-electron chi connectivity index (χ4n) is 1.31. The summed E-state index contributed by atoms with van der Waals surface area (Å²) in [5, 5.41) is 8.46. The van der Waals surface area contributed by atoms with E-state index in [1.165, 1.54) is 12.1 Å². The molecule has 0 saturated heterocycles. The Labute approximate surface area is 125 Å². The molecule has 0 saturated carbocycles. The number of sulfone groups is 1. The van der Waals surface area contributed by atoms with Crippen LogP contribution in [0.15, 0.2) is 29.2 Å². The first-order valence-corrected chi connectivity index (χ1v) is 7.60. The van der Waals surface area contributed by atoms with E-state index in [1.54, 1.807) is 24.4 Å². The lowest BCUT2D eigenvalue weighted by Gasteiger charge is -2.24. The first-order chi connectivity index (χ1) is 8.55. The van der Waals surface area contributed by atoms with Gasteiger partial charge in [-0.15, -0.1) is 0 Å².